The Balaban J connectivity index is 1.69. The molecule has 2 heterocycles. The SMILES string of the molecule is Cc1nc(NC(=O)CN2C(=O)N[C@@]3(CCCC[C@@H]3C)C2=O)sc1C. The molecule has 2 fully saturated rings. The average Bonchev–Trinajstić information content (AvgIpc) is 2.94. The van der Waals surface area contributed by atoms with Crippen LogP contribution >= 0.6 is 11.3 Å². The molecule has 1 aliphatic carbocycles. The number of nitrogens with one attached hydrogen (secondary N) is 2. The van der Waals surface area contributed by atoms with Gasteiger partial charge >= 0.3 is 6.03 Å². The van der Waals surface area contributed by atoms with Gasteiger partial charge in [0, 0.05) is 4.88 Å². The summed E-state index contributed by atoms with van der Waals surface area (Å²) in [6.07, 6.45) is 3.52. The van der Waals surface area contributed by atoms with Gasteiger partial charge in [0.2, 0.25) is 5.91 Å². The van der Waals surface area contributed by atoms with Crippen molar-refractivity contribution >= 4 is 34.3 Å². The summed E-state index contributed by atoms with van der Waals surface area (Å²) >= 11 is 1.38. The van der Waals surface area contributed by atoms with Crippen LogP contribution in [0.25, 0.3) is 0 Å². The summed E-state index contributed by atoms with van der Waals surface area (Å²) in [6, 6.07) is -0.476. The van der Waals surface area contributed by atoms with Gasteiger partial charge in [-0.05, 0) is 32.6 Å². The Morgan fingerprint density at radius 1 is 1.42 bits per heavy atom. The van der Waals surface area contributed by atoms with Gasteiger partial charge in [0.15, 0.2) is 5.13 Å². The monoisotopic (exact) mass is 350 g/mol. The second-order valence-corrected chi connectivity index (χ2v) is 7.85. The Hall–Kier alpha value is -1.96. The lowest BCUT2D eigenvalue weighted by molar-refractivity contribution is -0.136. The summed E-state index contributed by atoms with van der Waals surface area (Å²) in [5, 5.41) is 6.00. The lowest BCUT2D eigenvalue weighted by Crippen LogP contribution is -2.54. The zero-order valence-corrected chi connectivity index (χ0v) is 15.0. The van der Waals surface area contributed by atoms with E-state index in [1.807, 2.05) is 20.8 Å². The van der Waals surface area contributed by atoms with E-state index in [4.69, 9.17) is 0 Å². The minimum absolute atomic E-state index is 0.0834. The van der Waals surface area contributed by atoms with Gasteiger partial charge in [0.25, 0.3) is 5.91 Å². The predicted octanol–water partition coefficient (Wildman–Crippen LogP) is 2.20. The molecule has 0 bridgehead atoms. The van der Waals surface area contributed by atoms with E-state index in [1.54, 1.807) is 0 Å². The number of carbonyl (C=O) groups excluding carboxylic acids is 3. The highest BCUT2D eigenvalue weighted by Gasteiger charge is 2.55. The zero-order chi connectivity index (χ0) is 17.5. The van der Waals surface area contributed by atoms with Crippen LogP contribution in [0.4, 0.5) is 9.93 Å². The van der Waals surface area contributed by atoms with Gasteiger partial charge in [-0.25, -0.2) is 9.78 Å². The van der Waals surface area contributed by atoms with Gasteiger partial charge in [-0.1, -0.05) is 19.8 Å². The molecule has 0 radical (unpaired) electrons. The number of anilines is 1. The van der Waals surface area contributed by atoms with Crippen molar-refractivity contribution in [3.63, 3.8) is 0 Å². The number of hydrogen-bond donors (Lipinski definition) is 2. The van der Waals surface area contributed by atoms with Crippen LogP contribution in [0.2, 0.25) is 0 Å². The molecule has 1 spiro atoms. The van der Waals surface area contributed by atoms with Crippen molar-refractivity contribution in [2.75, 3.05) is 11.9 Å². The second kappa shape index (κ2) is 6.16. The molecule has 2 aliphatic rings. The molecule has 2 N–H and O–H groups in total. The Labute approximate surface area is 144 Å². The molecule has 2 atom stereocenters. The van der Waals surface area contributed by atoms with Gasteiger partial charge in [-0.2, -0.15) is 0 Å². The Morgan fingerprint density at radius 2 is 2.17 bits per heavy atom. The van der Waals surface area contributed by atoms with Crippen molar-refractivity contribution < 1.29 is 14.4 Å². The van der Waals surface area contributed by atoms with Crippen LogP contribution in [0.15, 0.2) is 0 Å². The maximum atomic E-state index is 12.8. The maximum Gasteiger partial charge on any atom is 0.325 e. The van der Waals surface area contributed by atoms with Crippen molar-refractivity contribution in [3.05, 3.63) is 10.6 Å². The number of urea groups is 1. The molecule has 8 heteroatoms. The van der Waals surface area contributed by atoms with E-state index >= 15 is 0 Å². The molecule has 0 unspecified atom stereocenters. The highest BCUT2D eigenvalue weighted by molar-refractivity contribution is 7.15. The Bertz CT molecular complexity index is 682. The maximum absolute atomic E-state index is 12.8. The number of nitrogens with zero attached hydrogens (tertiary/aromatic N) is 2. The third-order valence-corrected chi connectivity index (χ3v) is 6.07. The standard InChI is InChI=1S/C16H22N4O3S/c1-9-6-4-5-7-16(9)13(22)20(15(23)19-16)8-12(21)18-14-17-10(2)11(3)24-14/h9H,4-8H2,1-3H3,(H,19,23)(H,17,18,21)/t9-,16+/m0/s1. The first kappa shape index (κ1) is 16.9. The molecule has 4 amide bonds. The van der Waals surface area contributed by atoms with Crippen LogP contribution in [0.5, 0.6) is 0 Å². The summed E-state index contributed by atoms with van der Waals surface area (Å²) < 4.78 is 0. The highest BCUT2D eigenvalue weighted by atomic mass is 32.1. The van der Waals surface area contributed by atoms with Crippen LogP contribution in [0.1, 0.15) is 43.2 Å². The molecular formula is C16H22N4O3S. The first-order valence-corrected chi connectivity index (χ1v) is 9.03. The van der Waals surface area contributed by atoms with E-state index < -0.39 is 17.5 Å². The van der Waals surface area contributed by atoms with E-state index in [1.165, 1.54) is 11.3 Å². The summed E-state index contributed by atoms with van der Waals surface area (Å²) in [7, 11) is 0. The topological polar surface area (TPSA) is 91.4 Å². The second-order valence-electron chi connectivity index (χ2n) is 6.65. The summed E-state index contributed by atoms with van der Waals surface area (Å²) in [5.74, 6) is -0.603. The van der Waals surface area contributed by atoms with E-state index in [0.717, 1.165) is 34.7 Å². The van der Waals surface area contributed by atoms with Crippen LogP contribution in [0, 0.1) is 19.8 Å². The van der Waals surface area contributed by atoms with Crippen molar-refractivity contribution in [3.8, 4) is 0 Å². The molecule has 1 saturated heterocycles. The van der Waals surface area contributed by atoms with Crippen LogP contribution < -0.4 is 10.6 Å². The number of rotatable bonds is 3. The number of thiazole rings is 1. The third kappa shape index (κ3) is 2.79. The fourth-order valence-corrected chi connectivity index (χ4v) is 4.30. The largest absolute Gasteiger partial charge is 0.325 e. The van der Waals surface area contributed by atoms with Crippen molar-refractivity contribution in [1.82, 2.24) is 15.2 Å². The molecule has 3 rings (SSSR count). The fourth-order valence-electron chi connectivity index (χ4n) is 3.47. The lowest BCUT2D eigenvalue weighted by atomic mass is 9.73. The third-order valence-electron chi connectivity index (χ3n) is 5.08. The molecule has 130 valence electrons. The Morgan fingerprint density at radius 3 is 2.79 bits per heavy atom. The molecule has 1 saturated carbocycles. The fraction of sp³-hybridized carbons (Fsp3) is 0.625. The number of aromatic nitrogens is 1. The van der Waals surface area contributed by atoms with Gasteiger partial charge in [-0.15, -0.1) is 11.3 Å². The van der Waals surface area contributed by atoms with Crippen molar-refractivity contribution in [1.29, 1.82) is 0 Å². The Kier molecular flexibility index (Phi) is 4.33. The van der Waals surface area contributed by atoms with Crippen molar-refractivity contribution in [2.45, 2.75) is 52.0 Å². The minimum atomic E-state index is -0.829. The predicted molar refractivity (Wildman–Crippen MR) is 90.8 cm³/mol. The number of amides is 4. The van der Waals surface area contributed by atoms with Gasteiger partial charge in [0.1, 0.15) is 12.1 Å². The zero-order valence-electron chi connectivity index (χ0n) is 14.1. The molecular weight excluding hydrogens is 328 g/mol. The number of imide groups is 1. The quantitative estimate of drug-likeness (QED) is 0.818. The van der Waals surface area contributed by atoms with Crippen LogP contribution in [0.3, 0.4) is 0 Å². The average molecular weight is 350 g/mol. The number of aryl methyl sites for hydroxylation is 2. The molecule has 7 nitrogen and oxygen atoms in total. The summed E-state index contributed by atoms with van der Waals surface area (Å²) in [4.78, 5) is 43.6. The van der Waals surface area contributed by atoms with Gasteiger partial charge in [-0.3, -0.25) is 14.5 Å². The van der Waals surface area contributed by atoms with Crippen LogP contribution in [-0.2, 0) is 9.59 Å². The summed E-state index contributed by atoms with van der Waals surface area (Å²) in [6.45, 7) is 5.50. The molecule has 24 heavy (non-hydrogen) atoms. The van der Waals surface area contributed by atoms with E-state index in [-0.39, 0.29) is 18.4 Å². The van der Waals surface area contributed by atoms with Crippen molar-refractivity contribution in [2.24, 2.45) is 5.92 Å². The van der Waals surface area contributed by atoms with Crippen LogP contribution in [-0.4, -0.2) is 39.8 Å². The summed E-state index contributed by atoms with van der Waals surface area (Å²) in [5.41, 5.74) is 0.0320. The number of hydrogen-bond acceptors (Lipinski definition) is 5. The van der Waals surface area contributed by atoms with Gasteiger partial charge < -0.3 is 10.6 Å². The minimum Gasteiger partial charge on any atom is -0.323 e. The van der Waals surface area contributed by atoms with E-state index in [9.17, 15) is 14.4 Å². The molecule has 1 aromatic heterocycles. The van der Waals surface area contributed by atoms with E-state index in [0.29, 0.717) is 11.6 Å². The van der Waals surface area contributed by atoms with Gasteiger partial charge in [0.05, 0.1) is 5.69 Å². The normalized spacial score (nSPS) is 26.8. The smallest absolute Gasteiger partial charge is 0.323 e. The first-order valence-electron chi connectivity index (χ1n) is 8.21. The number of carbonyl (C=O) groups is 3. The highest BCUT2D eigenvalue weighted by Crippen LogP contribution is 2.38. The molecule has 1 aromatic rings. The first-order chi connectivity index (χ1) is 11.3. The lowest BCUT2D eigenvalue weighted by Gasteiger charge is -2.36. The van der Waals surface area contributed by atoms with E-state index in [2.05, 4.69) is 15.6 Å². The molecule has 1 aliphatic heterocycles. The molecule has 0 aromatic carbocycles.